The number of aromatic carboxylic acids is 1. The first-order chi connectivity index (χ1) is 11.6. The maximum atomic E-state index is 11.5. The highest BCUT2D eigenvalue weighted by atomic mass is 16.4. The Morgan fingerprint density at radius 2 is 2.04 bits per heavy atom. The van der Waals surface area contributed by atoms with Crippen molar-refractivity contribution in [1.82, 2.24) is 9.78 Å². The molecule has 1 aromatic heterocycles. The number of hydrogen-bond acceptors (Lipinski definition) is 2. The minimum atomic E-state index is -0.875. The minimum absolute atomic E-state index is 0.344. The molecule has 4 rings (SSSR count). The quantitative estimate of drug-likeness (QED) is 0.883. The largest absolute Gasteiger partial charge is 0.478 e. The van der Waals surface area contributed by atoms with Gasteiger partial charge in [-0.25, -0.2) is 9.48 Å². The lowest BCUT2D eigenvalue weighted by Gasteiger charge is -2.27. The molecule has 0 radical (unpaired) electrons. The van der Waals surface area contributed by atoms with E-state index in [9.17, 15) is 9.90 Å². The second-order valence-corrected chi connectivity index (χ2v) is 7.50. The van der Waals surface area contributed by atoms with Crippen LogP contribution in [0.4, 0.5) is 0 Å². The fourth-order valence-corrected chi connectivity index (χ4v) is 4.13. The highest BCUT2D eigenvalue weighted by molar-refractivity contribution is 5.89. The van der Waals surface area contributed by atoms with Gasteiger partial charge in [0.2, 0.25) is 0 Å². The summed E-state index contributed by atoms with van der Waals surface area (Å²) in [5.74, 6) is 0.877. The second kappa shape index (κ2) is 6.08. The lowest BCUT2D eigenvalue weighted by atomic mass is 9.79. The van der Waals surface area contributed by atoms with Gasteiger partial charge in [-0.3, -0.25) is 0 Å². The van der Waals surface area contributed by atoms with Crippen LogP contribution >= 0.6 is 0 Å². The summed E-state index contributed by atoms with van der Waals surface area (Å²) in [6.07, 6.45) is 8.77. The molecule has 2 saturated carbocycles. The number of hydrogen-bond donors (Lipinski definition) is 1. The van der Waals surface area contributed by atoms with Gasteiger partial charge in [-0.05, 0) is 55.2 Å². The Balaban J connectivity index is 1.70. The smallest absolute Gasteiger partial charge is 0.339 e. The maximum absolute atomic E-state index is 11.5. The Morgan fingerprint density at radius 3 is 2.75 bits per heavy atom. The fourth-order valence-electron chi connectivity index (χ4n) is 4.13. The van der Waals surface area contributed by atoms with E-state index in [4.69, 9.17) is 0 Å². The number of rotatable bonds is 4. The summed E-state index contributed by atoms with van der Waals surface area (Å²) in [6.45, 7) is 2.34. The zero-order valence-electron chi connectivity index (χ0n) is 14.1. The van der Waals surface area contributed by atoms with Crippen molar-refractivity contribution in [2.24, 2.45) is 5.92 Å². The molecule has 2 fully saturated rings. The first-order valence-electron chi connectivity index (χ1n) is 9.05. The molecule has 126 valence electrons. The van der Waals surface area contributed by atoms with E-state index in [0.717, 1.165) is 30.1 Å². The van der Waals surface area contributed by atoms with Gasteiger partial charge in [0, 0.05) is 5.92 Å². The van der Waals surface area contributed by atoms with Crippen molar-refractivity contribution in [1.29, 1.82) is 0 Å². The Labute approximate surface area is 142 Å². The first kappa shape index (κ1) is 15.4. The van der Waals surface area contributed by atoms with Crippen molar-refractivity contribution in [3.63, 3.8) is 0 Å². The summed E-state index contributed by atoms with van der Waals surface area (Å²) >= 11 is 0. The van der Waals surface area contributed by atoms with E-state index < -0.39 is 5.97 Å². The molecule has 4 nitrogen and oxygen atoms in total. The van der Waals surface area contributed by atoms with E-state index in [2.05, 4.69) is 30.2 Å². The molecule has 1 N–H and O–H groups in total. The van der Waals surface area contributed by atoms with E-state index in [1.807, 2.05) is 10.7 Å². The van der Waals surface area contributed by atoms with Crippen LogP contribution in [0, 0.1) is 5.92 Å². The van der Waals surface area contributed by atoms with Crippen LogP contribution in [-0.4, -0.2) is 20.9 Å². The van der Waals surface area contributed by atoms with Crippen molar-refractivity contribution in [3.05, 3.63) is 47.3 Å². The van der Waals surface area contributed by atoms with Gasteiger partial charge in [-0.1, -0.05) is 31.9 Å². The summed E-state index contributed by atoms with van der Waals surface area (Å²) in [7, 11) is 0. The molecule has 0 spiro atoms. The van der Waals surface area contributed by atoms with E-state index in [0.29, 0.717) is 17.4 Å². The van der Waals surface area contributed by atoms with Gasteiger partial charge in [-0.2, -0.15) is 5.10 Å². The van der Waals surface area contributed by atoms with Crippen molar-refractivity contribution in [2.45, 2.75) is 57.3 Å². The van der Waals surface area contributed by atoms with Crippen LogP contribution in [0.3, 0.4) is 0 Å². The van der Waals surface area contributed by atoms with Crippen LogP contribution in [-0.2, 0) is 0 Å². The van der Waals surface area contributed by atoms with E-state index in [1.54, 1.807) is 0 Å². The third-order valence-electron chi connectivity index (χ3n) is 5.52. The van der Waals surface area contributed by atoms with E-state index in [-0.39, 0.29) is 0 Å². The van der Waals surface area contributed by atoms with E-state index >= 15 is 0 Å². The molecular weight excluding hydrogens is 300 g/mol. The number of carbonyl (C=O) groups is 1. The lowest BCUT2D eigenvalue weighted by Crippen LogP contribution is -2.12. The lowest BCUT2D eigenvalue weighted by molar-refractivity contribution is 0.0695. The van der Waals surface area contributed by atoms with Gasteiger partial charge in [0.15, 0.2) is 0 Å². The molecule has 0 bridgehead atoms. The molecule has 1 aromatic carbocycles. The Morgan fingerprint density at radius 1 is 1.21 bits per heavy atom. The van der Waals surface area contributed by atoms with Gasteiger partial charge in [0.1, 0.15) is 5.56 Å². The molecule has 2 aromatic rings. The molecule has 2 atom stereocenters. The number of carboxylic acid groups (broad SMARTS) is 1. The zero-order chi connectivity index (χ0) is 16.7. The second-order valence-electron chi connectivity index (χ2n) is 7.50. The molecule has 24 heavy (non-hydrogen) atoms. The standard InChI is InChI=1S/C20H24N2O2/c1-13-4-2-5-15(10-13)16-6-3-7-17(11-16)22-19(14-8-9-14)18(12-21-22)20(23)24/h3,6-7,11-15H,2,4-5,8-10H2,1H3,(H,23,24). The average Bonchev–Trinajstić information content (AvgIpc) is 3.32. The van der Waals surface area contributed by atoms with Crippen molar-refractivity contribution in [2.75, 3.05) is 0 Å². The van der Waals surface area contributed by atoms with Gasteiger partial charge in [0.25, 0.3) is 0 Å². The maximum Gasteiger partial charge on any atom is 0.339 e. The molecule has 0 saturated heterocycles. The molecule has 2 aliphatic carbocycles. The molecule has 4 heteroatoms. The van der Waals surface area contributed by atoms with Crippen LogP contribution in [0.25, 0.3) is 5.69 Å². The molecule has 2 aliphatic rings. The van der Waals surface area contributed by atoms with Crippen LogP contribution in [0.5, 0.6) is 0 Å². The summed E-state index contributed by atoms with van der Waals surface area (Å²) in [5.41, 5.74) is 3.60. The summed E-state index contributed by atoms with van der Waals surface area (Å²) < 4.78 is 1.86. The summed E-state index contributed by atoms with van der Waals surface area (Å²) in [6, 6.07) is 8.56. The van der Waals surface area contributed by atoms with Gasteiger partial charge in [-0.15, -0.1) is 0 Å². The fraction of sp³-hybridized carbons (Fsp3) is 0.500. The summed E-state index contributed by atoms with van der Waals surface area (Å²) in [4.78, 5) is 11.5. The Kier molecular flexibility index (Phi) is 3.91. The highest BCUT2D eigenvalue weighted by Gasteiger charge is 2.33. The number of carboxylic acids is 1. The molecular formula is C20H24N2O2. The minimum Gasteiger partial charge on any atom is -0.478 e. The number of nitrogens with zero attached hydrogens (tertiary/aromatic N) is 2. The molecule has 0 amide bonds. The zero-order valence-corrected chi connectivity index (χ0v) is 14.1. The third-order valence-corrected chi connectivity index (χ3v) is 5.52. The highest BCUT2D eigenvalue weighted by Crippen LogP contribution is 2.43. The normalized spacial score (nSPS) is 24.0. The Bertz CT molecular complexity index is 761. The van der Waals surface area contributed by atoms with Crippen molar-refractivity contribution in [3.8, 4) is 5.69 Å². The van der Waals surface area contributed by atoms with Gasteiger partial charge >= 0.3 is 5.97 Å². The average molecular weight is 324 g/mol. The van der Waals surface area contributed by atoms with E-state index in [1.165, 1.54) is 37.4 Å². The van der Waals surface area contributed by atoms with Crippen LogP contribution in [0.15, 0.2) is 30.5 Å². The number of benzene rings is 1. The van der Waals surface area contributed by atoms with Crippen molar-refractivity contribution < 1.29 is 9.90 Å². The monoisotopic (exact) mass is 324 g/mol. The van der Waals surface area contributed by atoms with Gasteiger partial charge in [0.05, 0.1) is 17.6 Å². The first-order valence-corrected chi connectivity index (χ1v) is 9.05. The topological polar surface area (TPSA) is 55.1 Å². The summed E-state index contributed by atoms with van der Waals surface area (Å²) in [5, 5.41) is 13.8. The third kappa shape index (κ3) is 2.85. The molecule has 1 heterocycles. The predicted molar refractivity (Wildman–Crippen MR) is 92.9 cm³/mol. The number of aromatic nitrogens is 2. The van der Waals surface area contributed by atoms with Crippen molar-refractivity contribution >= 4 is 5.97 Å². The van der Waals surface area contributed by atoms with Crippen LogP contribution in [0.2, 0.25) is 0 Å². The van der Waals surface area contributed by atoms with Crippen LogP contribution in [0.1, 0.15) is 78.9 Å². The predicted octanol–water partition coefficient (Wildman–Crippen LogP) is 4.74. The molecule has 2 unspecified atom stereocenters. The van der Waals surface area contributed by atoms with Crippen LogP contribution < -0.4 is 0 Å². The SMILES string of the molecule is CC1CCCC(c2cccc(-n3ncc(C(=O)O)c3C3CC3)c2)C1. The molecule has 0 aliphatic heterocycles. The Hall–Kier alpha value is -2.10. The van der Waals surface area contributed by atoms with Gasteiger partial charge < -0.3 is 5.11 Å².